The predicted octanol–water partition coefficient (Wildman–Crippen LogP) is 1.34. The summed E-state index contributed by atoms with van der Waals surface area (Å²) >= 11 is 0. The molecule has 1 heterocycles. The van der Waals surface area contributed by atoms with E-state index in [0.717, 1.165) is 31.1 Å². The Morgan fingerprint density at radius 3 is 2.62 bits per heavy atom. The smallest absolute Gasteiger partial charge is 0.225 e. The van der Waals surface area contributed by atoms with E-state index in [1.807, 2.05) is 24.3 Å². The van der Waals surface area contributed by atoms with Gasteiger partial charge in [-0.05, 0) is 24.3 Å². The zero-order valence-corrected chi connectivity index (χ0v) is 9.40. The van der Waals surface area contributed by atoms with Crippen molar-refractivity contribution in [3.05, 3.63) is 24.3 Å². The third kappa shape index (κ3) is 3.24. The van der Waals surface area contributed by atoms with E-state index < -0.39 is 0 Å². The SMILES string of the molecule is COc1ccc(NC(=O)CCN2CC2)cc1. The number of ether oxygens (including phenoxy) is 1. The molecule has 2 rings (SSSR count). The van der Waals surface area contributed by atoms with Gasteiger partial charge in [-0.3, -0.25) is 4.79 Å². The van der Waals surface area contributed by atoms with E-state index in [1.54, 1.807) is 7.11 Å². The Morgan fingerprint density at radius 2 is 2.06 bits per heavy atom. The zero-order valence-electron chi connectivity index (χ0n) is 9.40. The zero-order chi connectivity index (χ0) is 11.4. The van der Waals surface area contributed by atoms with Crippen LogP contribution in [-0.4, -0.2) is 37.6 Å². The summed E-state index contributed by atoms with van der Waals surface area (Å²) in [5.41, 5.74) is 0.816. The Balaban J connectivity index is 1.79. The molecule has 1 aromatic carbocycles. The molecular weight excluding hydrogens is 204 g/mol. The Labute approximate surface area is 95.2 Å². The molecule has 0 unspecified atom stereocenters. The average Bonchev–Trinajstić information content (AvgIpc) is 3.11. The van der Waals surface area contributed by atoms with Crippen molar-refractivity contribution >= 4 is 11.6 Å². The molecule has 0 bridgehead atoms. The van der Waals surface area contributed by atoms with E-state index >= 15 is 0 Å². The lowest BCUT2D eigenvalue weighted by Gasteiger charge is -2.06. The number of benzene rings is 1. The molecule has 0 atom stereocenters. The van der Waals surface area contributed by atoms with Crippen molar-refractivity contribution in [1.82, 2.24) is 4.90 Å². The second-order valence-corrected chi connectivity index (χ2v) is 3.87. The maximum Gasteiger partial charge on any atom is 0.225 e. The predicted molar refractivity (Wildman–Crippen MR) is 62.7 cm³/mol. The fourth-order valence-electron chi connectivity index (χ4n) is 1.45. The van der Waals surface area contributed by atoms with Crippen LogP contribution in [0.2, 0.25) is 0 Å². The van der Waals surface area contributed by atoms with Gasteiger partial charge in [-0.15, -0.1) is 0 Å². The molecule has 16 heavy (non-hydrogen) atoms. The largest absolute Gasteiger partial charge is 0.497 e. The van der Waals surface area contributed by atoms with E-state index in [2.05, 4.69) is 10.2 Å². The van der Waals surface area contributed by atoms with Crippen molar-refractivity contribution in [2.24, 2.45) is 0 Å². The van der Waals surface area contributed by atoms with Crippen molar-refractivity contribution in [2.75, 3.05) is 32.1 Å². The number of nitrogens with one attached hydrogen (secondary N) is 1. The lowest BCUT2D eigenvalue weighted by Crippen LogP contribution is -2.15. The molecule has 0 spiro atoms. The van der Waals surface area contributed by atoms with Crippen LogP contribution in [0.5, 0.6) is 5.75 Å². The standard InChI is InChI=1S/C12H16N2O2/c1-16-11-4-2-10(3-5-11)13-12(15)6-7-14-8-9-14/h2-5H,6-9H2,1H3,(H,13,15). The molecule has 4 heteroatoms. The molecule has 1 amide bonds. The molecule has 4 nitrogen and oxygen atoms in total. The summed E-state index contributed by atoms with van der Waals surface area (Å²) in [5.74, 6) is 0.860. The number of amides is 1. The molecule has 86 valence electrons. The minimum absolute atomic E-state index is 0.0667. The van der Waals surface area contributed by atoms with Crippen LogP contribution in [0, 0.1) is 0 Å². The second-order valence-electron chi connectivity index (χ2n) is 3.87. The van der Waals surface area contributed by atoms with Crippen LogP contribution in [-0.2, 0) is 4.79 Å². The summed E-state index contributed by atoms with van der Waals surface area (Å²) < 4.78 is 5.04. The Bertz CT molecular complexity index is 358. The van der Waals surface area contributed by atoms with Gasteiger partial charge < -0.3 is 15.0 Å². The van der Waals surface area contributed by atoms with Gasteiger partial charge in [-0.1, -0.05) is 0 Å². The van der Waals surface area contributed by atoms with Gasteiger partial charge in [-0.2, -0.15) is 0 Å². The van der Waals surface area contributed by atoms with Crippen molar-refractivity contribution in [1.29, 1.82) is 0 Å². The lowest BCUT2D eigenvalue weighted by atomic mass is 10.3. The van der Waals surface area contributed by atoms with Crippen LogP contribution in [0.3, 0.4) is 0 Å². The maximum atomic E-state index is 11.5. The molecular formula is C12H16N2O2. The van der Waals surface area contributed by atoms with Crippen molar-refractivity contribution < 1.29 is 9.53 Å². The monoisotopic (exact) mass is 220 g/mol. The van der Waals surface area contributed by atoms with Crippen molar-refractivity contribution in [3.63, 3.8) is 0 Å². The van der Waals surface area contributed by atoms with E-state index in [4.69, 9.17) is 4.74 Å². The molecule has 1 fully saturated rings. The van der Waals surface area contributed by atoms with Gasteiger partial charge in [0, 0.05) is 31.7 Å². The summed E-state index contributed by atoms with van der Waals surface area (Å²) in [6.07, 6.45) is 0.562. The Hall–Kier alpha value is -1.55. The summed E-state index contributed by atoms with van der Waals surface area (Å²) in [5, 5.41) is 2.86. The summed E-state index contributed by atoms with van der Waals surface area (Å²) in [4.78, 5) is 13.8. The molecule has 1 aliphatic heterocycles. The molecule has 1 N–H and O–H groups in total. The number of hydrogen-bond donors (Lipinski definition) is 1. The van der Waals surface area contributed by atoms with Gasteiger partial charge in [0.2, 0.25) is 5.91 Å². The number of nitrogens with zero attached hydrogens (tertiary/aromatic N) is 1. The third-order valence-electron chi connectivity index (χ3n) is 2.57. The molecule has 1 aliphatic rings. The number of rotatable bonds is 5. The molecule has 1 aromatic rings. The number of anilines is 1. The van der Waals surface area contributed by atoms with E-state index in [1.165, 1.54) is 0 Å². The molecule has 1 saturated heterocycles. The van der Waals surface area contributed by atoms with Gasteiger partial charge in [0.25, 0.3) is 0 Å². The van der Waals surface area contributed by atoms with Gasteiger partial charge >= 0.3 is 0 Å². The molecule has 0 radical (unpaired) electrons. The maximum absolute atomic E-state index is 11.5. The van der Waals surface area contributed by atoms with Crippen LogP contribution in [0.25, 0.3) is 0 Å². The van der Waals surface area contributed by atoms with Gasteiger partial charge in [0.15, 0.2) is 0 Å². The highest BCUT2D eigenvalue weighted by atomic mass is 16.5. The summed E-state index contributed by atoms with van der Waals surface area (Å²) in [6, 6.07) is 7.35. The number of carbonyl (C=O) groups is 1. The Morgan fingerprint density at radius 1 is 1.38 bits per heavy atom. The summed E-state index contributed by atoms with van der Waals surface area (Å²) in [7, 11) is 1.62. The first-order valence-electron chi connectivity index (χ1n) is 5.44. The van der Waals surface area contributed by atoms with Crippen LogP contribution in [0.15, 0.2) is 24.3 Å². The van der Waals surface area contributed by atoms with Gasteiger partial charge in [0.1, 0.15) is 5.75 Å². The van der Waals surface area contributed by atoms with Crippen molar-refractivity contribution in [2.45, 2.75) is 6.42 Å². The van der Waals surface area contributed by atoms with Crippen LogP contribution in [0.4, 0.5) is 5.69 Å². The first-order chi connectivity index (χ1) is 7.78. The number of methoxy groups -OCH3 is 1. The molecule has 0 saturated carbocycles. The average molecular weight is 220 g/mol. The molecule has 0 aromatic heterocycles. The first kappa shape index (κ1) is 11.0. The third-order valence-corrected chi connectivity index (χ3v) is 2.57. The Kier molecular flexibility index (Phi) is 3.41. The first-order valence-corrected chi connectivity index (χ1v) is 5.44. The fourth-order valence-corrected chi connectivity index (χ4v) is 1.45. The summed E-state index contributed by atoms with van der Waals surface area (Å²) in [6.45, 7) is 3.13. The van der Waals surface area contributed by atoms with Crippen LogP contribution in [0.1, 0.15) is 6.42 Å². The minimum Gasteiger partial charge on any atom is -0.497 e. The lowest BCUT2D eigenvalue weighted by molar-refractivity contribution is -0.116. The van der Waals surface area contributed by atoms with Crippen molar-refractivity contribution in [3.8, 4) is 5.75 Å². The van der Waals surface area contributed by atoms with Crippen LogP contribution < -0.4 is 10.1 Å². The second kappa shape index (κ2) is 4.99. The topological polar surface area (TPSA) is 41.3 Å². The van der Waals surface area contributed by atoms with Gasteiger partial charge in [0.05, 0.1) is 7.11 Å². The fraction of sp³-hybridized carbons (Fsp3) is 0.417. The number of hydrogen-bond acceptors (Lipinski definition) is 3. The van der Waals surface area contributed by atoms with Gasteiger partial charge in [-0.25, -0.2) is 0 Å². The quantitative estimate of drug-likeness (QED) is 0.761. The van der Waals surface area contributed by atoms with Crippen LogP contribution >= 0.6 is 0 Å². The van der Waals surface area contributed by atoms with E-state index in [9.17, 15) is 4.79 Å². The molecule has 0 aliphatic carbocycles. The van der Waals surface area contributed by atoms with E-state index in [-0.39, 0.29) is 5.91 Å². The normalized spacial score (nSPS) is 14.6. The number of carbonyl (C=O) groups excluding carboxylic acids is 1. The highest BCUT2D eigenvalue weighted by molar-refractivity contribution is 5.90. The van der Waals surface area contributed by atoms with E-state index in [0.29, 0.717) is 6.42 Å². The minimum atomic E-state index is 0.0667. The highest BCUT2D eigenvalue weighted by Gasteiger charge is 2.17. The highest BCUT2D eigenvalue weighted by Crippen LogP contribution is 2.15.